The van der Waals surface area contributed by atoms with Crippen LogP contribution in [0.4, 0.5) is 0 Å². The van der Waals surface area contributed by atoms with Crippen LogP contribution in [0.3, 0.4) is 0 Å². The van der Waals surface area contributed by atoms with E-state index in [0.717, 1.165) is 53.4 Å². The van der Waals surface area contributed by atoms with E-state index in [1.165, 1.54) is 0 Å². The zero-order chi connectivity index (χ0) is 16.7. The molecular formula is C18H21N3O2S. The van der Waals surface area contributed by atoms with E-state index in [1.807, 2.05) is 32.0 Å². The van der Waals surface area contributed by atoms with Crippen LogP contribution in [-0.2, 0) is 4.74 Å². The first kappa shape index (κ1) is 15.6. The average molecular weight is 343 g/mol. The fourth-order valence-corrected chi connectivity index (χ4v) is 4.36. The quantitative estimate of drug-likeness (QED) is 0.784. The summed E-state index contributed by atoms with van der Waals surface area (Å²) in [7, 11) is 0. The first-order valence-electron chi connectivity index (χ1n) is 8.42. The molecule has 126 valence electrons. The minimum Gasteiger partial charge on any atom is -0.381 e. The number of ether oxygens (including phenoxy) is 1. The van der Waals surface area contributed by atoms with Gasteiger partial charge >= 0.3 is 5.69 Å². The van der Waals surface area contributed by atoms with Gasteiger partial charge in [0.2, 0.25) is 0 Å². The third kappa shape index (κ3) is 2.59. The zero-order valence-corrected chi connectivity index (χ0v) is 14.7. The van der Waals surface area contributed by atoms with Gasteiger partial charge < -0.3 is 9.72 Å². The summed E-state index contributed by atoms with van der Waals surface area (Å²) in [6.45, 7) is 5.68. The molecule has 1 fully saturated rings. The third-order valence-corrected chi connectivity index (χ3v) is 5.55. The Morgan fingerprint density at radius 2 is 2.12 bits per heavy atom. The van der Waals surface area contributed by atoms with Crippen molar-refractivity contribution in [1.29, 1.82) is 0 Å². The number of aromatic amines is 1. The number of benzene rings is 1. The highest BCUT2D eigenvalue weighted by Gasteiger charge is 2.20. The van der Waals surface area contributed by atoms with Crippen LogP contribution >= 0.6 is 11.3 Å². The summed E-state index contributed by atoms with van der Waals surface area (Å²) >= 11 is 1.65. The molecule has 1 aliphatic heterocycles. The largest absolute Gasteiger partial charge is 0.381 e. The second-order valence-corrected chi connectivity index (χ2v) is 7.42. The van der Waals surface area contributed by atoms with E-state index in [1.54, 1.807) is 15.9 Å². The van der Waals surface area contributed by atoms with Gasteiger partial charge in [0.25, 0.3) is 0 Å². The third-order valence-electron chi connectivity index (χ3n) is 4.66. The van der Waals surface area contributed by atoms with Crippen molar-refractivity contribution in [2.45, 2.75) is 38.6 Å². The Labute approximate surface area is 144 Å². The number of aromatic nitrogens is 3. The van der Waals surface area contributed by atoms with Gasteiger partial charge in [-0.3, -0.25) is 4.57 Å². The first-order valence-corrected chi connectivity index (χ1v) is 9.30. The Morgan fingerprint density at radius 3 is 2.88 bits per heavy atom. The molecule has 1 aliphatic rings. The number of nitrogens with zero attached hydrogens (tertiary/aromatic N) is 2. The van der Waals surface area contributed by atoms with Crippen molar-refractivity contribution in [2.24, 2.45) is 0 Å². The van der Waals surface area contributed by atoms with E-state index in [2.05, 4.69) is 10.4 Å². The van der Waals surface area contributed by atoms with Crippen LogP contribution in [0.1, 0.15) is 44.3 Å². The average Bonchev–Trinajstić information content (AvgIpc) is 3.19. The van der Waals surface area contributed by atoms with Gasteiger partial charge in [0.15, 0.2) is 0 Å². The molecule has 0 radical (unpaired) electrons. The summed E-state index contributed by atoms with van der Waals surface area (Å²) in [5.41, 5.74) is 3.92. The fraction of sp³-hybridized carbons (Fsp3) is 0.444. The highest BCUT2D eigenvalue weighted by atomic mass is 32.1. The molecule has 1 saturated heterocycles. The van der Waals surface area contributed by atoms with Gasteiger partial charge in [0.1, 0.15) is 5.01 Å². The van der Waals surface area contributed by atoms with Crippen molar-refractivity contribution in [2.75, 3.05) is 13.2 Å². The lowest BCUT2D eigenvalue weighted by Gasteiger charge is -2.19. The van der Waals surface area contributed by atoms with E-state index >= 15 is 0 Å². The van der Waals surface area contributed by atoms with E-state index in [-0.39, 0.29) is 11.7 Å². The molecule has 1 aromatic carbocycles. The van der Waals surface area contributed by atoms with E-state index in [9.17, 15) is 4.79 Å². The standard InChI is InChI=1S/C18H21N3O2S/c1-11(2)21-15-5-3-4-13(16(15)20-18(21)22)17-19-14(10-24-17)12-6-8-23-9-7-12/h3-5,10-12H,6-9H2,1-2H3,(H,20,22). The maximum Gasteiger partial charge on any atom is 0.326 e. The molecule has 1 N–H and O–H groups in total. The summed E-state index contributed by atoms with van der Waals surface area (Å²) in [6, 6.07) is 6.15. The molecule has 5 nitrogen and oxygen atoms in total. The summed E-state index contributed by atoms with van der Waals surface area (Å²) in [6.07, 6.45) is 2.07. The number of H-pyrrole nitrogens is 1. The van der Waals surface area contributed by atoms with Crippen LogP contribution in [-0.4, -0.2) is 27.7 Å². The van der Waals surface area contributed by atoms with Crippen molar-refractivity contribution < 1.29 is 4.74 Å². The Bertz CT molecular complexity index is 916. The number of imidazole rings is 1. The molecular weight excluding hydrogens is 322 g/mol. The predicted octanol–water partition coefficient (Wildman–Crippen LogP) is 3.93. The Hall–Kier alpha value is -1.92. The molecule has 0 unspecified atom stereocenters. The molecule has 3 heterocycles. The van der Waals surface area contributed by atoms with Crippen molar-refractivity contribution in [3.8, 4) is 10.6 Å². The Kier molecular flexibility index (Phi) is 4.02. The van der Waals surface area contributed by atoms with Gasteiger partial charge in [-0.2, -0.15) is 0 Å². The molecule has 3 aromatic rings. The number of rotatable bonds is 3. The molecule has 0 saturated carbocycles. The van der Waals surface area contributed by atoms with Gasteiger partial charge in [0.05, 0.1) is 16.7 Å². The summed E-state index contributed by atoms with van der Waals surface area (Å²) < 4.78 is 7.24. The number of para-hydroxylation sites is 1. The fourth-order valence-electron chi connectivity index (χ4n) is 3.43. The Balaban J connectivity index is 1.78. The van der Waals surface area contributed by atoms with Crippen LogP contribution < -0.4 is 5.69 Å². The molecule has 0 amide bonds. The van der Waals surface area contributed by atoms with Crippen LogP contribution in [0.25, 0.3) is 21.6 Å². The van der Waals surface area contributed by atoms with Crippen molar-refractivity contribution >= 4 is 22.4 Å². The van der Waals surface area contributed by atoms with Crippen molar-refractivity contribution in [3.63, 3.8) is 0 Å². The minimum atomic E-state index is -0.0614. The number of hydrogen-bond acceptors (Lipinski definition) is 4. The Morgan fingerprint density at radius 1 is 1.33 bits per heavy atom. The summed E-state index contributed by atoms with van der Waals surface area (Å²) in [5.74, 6) is 0.488. The maximum absolute atomic E-state index is 12.3. The topological polar surface area (TPSA) is 59.9 Å². The van der Waals surface area contributed by atoms with E-state index in [4.69, 9.17) is 9.72 Å². The minimum absolute atomic E-state index is 0.0614. The van der Waals surface area contributed by atoms with Gasteiger partial charge in [-0.05, 0) is 38.8 Å². The van der Waals surface area contributed by atoms with Gasteiger partial charge in [-0.15, -0.1) is 11.3 Å². The normalized spacial score (nSPS) is 16.3. The monoisotopic (exact) mass is 343 g/mol. The van der Waals surface area contributed by atoms with Gasteiger partial charge in [-0.1, -0.05) is 6.07 Å². The first-order chi connectivity index (χ1) is 11.6. The highest BCUT2D eigenvalue weighted by Crippen LogP contribution is 2.34. The molecule has 24 heavy (non-hydrogen) atoms. The molecule has 2 aromatic heterocycles. The highest BCUT2D eigenvalue weighted by molar-refractivity contribution is 7.13. The second-order valence-electron chi connectivity index (χ2n) is 6.56. The van der Waals surface area contributed by atoms with E-state index < -0.39 is 0 Å². The van der Waals surface area contributed by atoms with Crippen molar-refractivity contribution in [1.82, 2.24) is 14.5 Å². The van der Waals surface area contributed by atoms with Crippen LogP contribution in [0, 0.1) is 0 Å². The molecule has 0 atom stereocenters. The molecule has 0 aliphatic carbocycles. The number of fused-ring (bicyclic) bond motifs is 1. The second kappa shape index (κ2) is 6.18. The summed E-state index contributed by atoms with van der Waals surface area (Å²) in [4.78, 5) is 20.2. The number of nitrogens with one attached hydrogen (secondary N) is 1. The lowest BCUT2D eigenvalue weighted by molar-refractivity contribution is 0.0846. The molecule has 6 heteroatoms. The number of thiazole rings is 1. The maximum atomic E-state index is 12.3. The van der Waals surface area contributed by atoms with Gasteiger partial charge in [-0.25, -0.2) is 9.78 Å². The zero-order valence-electron chi connectivity index (χ0n) is 13.9. The van der Waals surface area contributed by atoms with Crippen LogP contribution in [0.2, 0.25) is 0 Å². The predicted molar refractivity (Wildman–Crippen MR) is 96.8 cm³/mol. The lowest BCUT2D eigenvalue weighted by Crippen LogP contribution is -2.18. The SMILES string of the molecule is CC(C)n1c(=O)[nH]c2c(-c3nc(C4CCOCC4)cs3)cccc21. The summed E-state index contributed by atoms with van der Waals surface area (Å²) in [5, 5.41) is 3.13. The smallest absolute Gasteiger partial charge is 0.326 e. The van der Waals surface area contributed by atoms with Crippen molar-refractivity contribution in [3.05, 3.63) is 39.8 Å². The van der Waals surface area contributed by atoms with E-state index in [0.29, 0.717) is 5.92 Å². The number of hydrogen-bond donors (Lipinski definition) is 1. The molecule has 0 bridgehead atoms. The lowest BCUT2D eigenvalue weighted by atomic mass is 9.97. The van der Waals surface area contributed by atoms with Gasteiger partial charge in [0, 0.05) is 36.1 Å². The molecule has 4 rings (SSSR count). The van der Waals surface area contributed by atoms with Crippen LogP contribution in [0.15, 0.2) is 28.4 Å². The van der Waals surface area contributed by atoms with Crippen LogP contribution in [0.5, 0.6) is 0 Å². The molecule has 0 spiro atoms.